The molecular weight excluding hydrogens is 804 g/mol. The molecule has 0 aliphatic carbocycles. The van der Waals surface area contributed by atoms with Crippen molar-refractivity contribution in [2.75, 3.05) is 32.7 Å². The number of carbonyl (C=O) groups is 5. The molecule has 352 valence electrons. The predicted octanol–water partition coefficient (Wildman–Crippen LogP) is 7.45. The number of hydrogen-bond donors (Lipinski definition) is 6. The van der Waals surface area contributed by atoms with Crippen LogP contribution in [0, 0.1) is 35.0 Å². The van der Waals surface area contributed by atoms with E-state index in [1.54, 1.807) is 13.8 Å². The molecular formula is C44H75F5N6O6. The number of ether oxygens (including phenoxy) is 1. The first kappa shape index (κ1) is 57.3. The van der Waals surface area contributed by atoms with E-state index in [2.05, 4.69) is 27.6 Å². The third-order valence-electron chi connectivity index (χ3n) is 10.2. The zero-order valence-electron chi connectivity index (χ0n) is 36.9. The molecule has 1 aromatic rings. The number of benzene rings is 1. The molecule has 61 heavy (non-hydrogen) atoms. The average Bonchev–Trinajstić information content (AvgIpc) is 3.24. The van der Waals surface area contributed by atoms with E-state index in [4.69, 9.17) is 17.2 Å². The zero-order valence-corrected chi connectivity index (χ0v) is 36.9. The van der Waals surface area contributed by atoms with E-state index >= 15 is 0 Å². The summed E-state index contributed by atoms with van der Waals surface area (Å²) >= 11 is 0. The number of Topliss-reactive ketones (excluding diaryl/α,β-unsaturated/α-hetero) is 1. The Morgan fingerprint density at radius 1 is 0.525 bits per heavy atom. The number of unbranched alkanes of at least 4 members (excludes halogenated alkanes) is 11. The lowest BCUT2D eigenvalue weighted by Crippen LogP contribution is -2.50. The quantitative estimate of drug-likeness (QED) is 0.0101. The minimum absolute atomic E-state index is 0.0279. The van der Waals surface area contributed by atoms with Crippen molar-refractivity contribution in [3.05, 3.63) is 29.1 Å². The topological polar surface area (TPSA) is 209 Å². The summed E-state index contributed by atoms with van der Waals surface area (Å²) in [4.78, 5) is 63.4. The van der Waals surface area contributed by atoms with Crippen LogP contribution in [-0.4, -0.2) is 67.7 Å². The first-order chi connectivity index (χ1) is 29.1. The summed E-state index contributed by atoms with van der Waals surface area (Å²) in [5.74, 6) is -14.6. The largest absolute Gasteiger partial charge is 0.420 e. The number of hydrogen-bond acceptors (Lipinski definition) is 9. The van der Waals surface area contributed by atoms with E-state index in [0.717, 1.165) is 64.3 Å². The van der Waals surface area contributed by atoms with E-state index in [9.17, 15) is 45.9 Å². The van der Waals surface area contributed by atoms with Gasteiger partial charge in [-0.25, -0.2) is 13.2 Å². The van der Waals surface area contributed by atoms with Crippen LogP contribution in [0.3, 0.4) is 0 Å². The Morgan fingerprint density at radius 3 is 1.36 bits per heavy atom. The Kier molecular flexibility index (Phi) is 32.7. The van der Waals surface area contributed by atoms with Crippen molar-refractivity contribution in [1.82, 2.24) is 16.0 Å². The number of amides is 3. The highest BCUT2D eigenvalue weighted by molar-refractivity contribution is 5.81. The molecule has 1 rings (SSSR count). The summed E-state index contributed by atoms with van der Waals surface area (Å²) in [6.45, 7) is 8.66. The maximum absolute atomic E-state index is 13.7. The first-order valence-corrected chi connectivity index (χ1v) is 22.3. The van der Waals surface area contributed by atoms with Crippen LogP contribution >= 0.6 is 0 Å². The van der Waals surface area contributed by atoms with Crippen LogP contribution < -0.4 is 37.9 Å². The lowest BCUT2D eigenvalue weighted by atomic mass is 9.81. The van der Waals surface area contributed by atoms with Crippen LogP contribution in [0.25, 0.3) is 0 Å². The van der Waals surface area contributed by atoms with Crippen molar-refractivity contribution in [3.8, 4) is 5.75 Å². The fourth-order valence-corrected chi connectivity index (χ4v) is 6.30. The average molecular weight is 879 g/mol. The Hall–Kier alpha value is -3.70. The molecule has 0 unspecified atom stereocenters. The molecule has 12 nitrogen and oxygen atoms in total. The van der Waals surface area contributed by atoms with Gasteiger partial charge in [-0.05, 0) is 83.8 Å². The molecule has 0 spiro atoms. The number of halogens is 5. The molecule has 3 amide bonds. The Bertz CT molecular complexity index is 1380. The predicted molar refractivity (Wildman–Crippen MR) is 228 cm³/mol. The summed E-state index contributed by atoms with van der Waals surface area (Å²) in [7, 11) is 0. The van der Waals surface area contributed by atoms with Gasteiger partial charge in [-0.15, -0.1) is 0 Å². The Labute approximate surface area is 360 Å². The second-order valence-electron chi connectivity index (χ2n) is 15.8. The molecule has 0 saturated carbocycles. The van der Waals surface area contributed by atoms with Gasteiger partial charge in [0.05, 0.1) is 0 Å². The fraction of sp³-hybridized carbons (Fsp3) is 0.750. The third kappa shape index (κ3) is 26.4. The van der Waals surface area contributed by atoms with Crippen LogP contribution in [0.4, 0.5) is 22.0 Å². The second-order valence-corrected chi connectivity index (χ2v) is 15.8. The van der Waals surface area contributed by atoms with Gasteiger partial charge in [-0.2, -0.15) is 8.78 Å². The molecule has 0 aromatic heterocycles. The molecule has 0 bridgehead atoms. The van der Waals surface area contributed by atoms with Crippen LogP contribution in [0.2, 0.25) is 0 Å². The van der Waals surface area contributed by atoms with E-state index < -0.39 is 46.3 Å². The highest BCUT2D eigenvalue weighted by atomic mass is 19.2. The molecule has 0 saturated heterocycles. The minimum Gasteiger partial charge on any atom is -0.420 e. The van der Waals surface area contributed by atoms with E-state index in [1.807, 2.05) is 0 Å². The number of carbonyl (C=O) groups excluding carboxylic acids is 5. The summed E-state index contributed by atoms with van der Waals surface area (Å²) in [6.07, 6.45) is 13.5. The Balaban J connectivity index is 0.00000555. The summed E-state index contributed by atoms with van der Waals surface area (Å²) in [5.41, 5.74) is 15.4. The van der Waals surface area contributed by atoms with Gasteiger partial charge in [-0.3, -0.25) is 24.0 Å². The minimum atomic E-state index is -2.34. The summed E-state index contributed by atoms with van der Waals surface area (Å²) < 4.78 is 71.7. The monoisotopic (exact) mass is 879 g/mol. The zero-order chi connectivity index (χ0) is 46.1. The van der Waals surface area contributed by atoms with Gasteiger partial charge < -0.3 is 37.9 Å². The lowest BCUT2D eigenvalue weighted by Gasteiger charge is -2.35. The molecule has 0 aliphatic heterocycles. The molecule has 0 aliphatic rings. The number of nitrogens with two attached hydrogens (primary N) is 3. The van der Waals surface area contributed by atoms with E-state index in [-0.39, 0.29) is 74.4 Å². The van der Waals surface area contributed by atoms with Gasteiger partial charge in [0, 0.05) is 56.7 Å². The fourth-order valence-electron chi connectivity index (χ4n) is 6.30. The summed E-state index contributed by atoms with van der Waals surface area (Å²) in [5, 5.41) is 8.90. The number of nitrogens with one attached hydrogen (secondary N) is 3. The van der Waals surface area contributed by atoms with Gasteiger partial charge in [0.2, 0.25) is 52.6 Å². The van der Waals surface area contributed by atoms with Crippen LogP contribution in [0.5, 0.6) is 5.75 Å². The van der Waals surface area contributed by atoms with Gasteiger partial charge in [0.15, 0.2) is 0 Å². The molecule has 9 N–H and O–H groups in total. The van der Waals surface area contributed by atoms with Crippen molar-refractivity contribution in [2.24, 2.45) is 23.1 Å². The van der Waals surface area contributed by atoms with Gasteiger partial charge >= 0.3 is 5.97 Å². The third-order valence-corrected chi connectivity index (χ3v) is 10.2. The molecule has 1 aromatic carbocycles. The second kappa shape index (κ2) is 34.8. The van der Waals surface area contributed by atoms with Crippen molar-refractivity contribution in [2.45, 2.75) is 174 Å². The molecule has 0 radical (unpaired) electrons. The summed E-state index contributed by atoms with van der Waals surface area (Å²) in [6, 6.07) is 0. The van der Waals surface area contributed by atoms with Gasteiger partial charge in [-0.1, -0.05) is 72.1 Å². The van der Waals surface area contributed by atoms with Crippen LogP contribution in [0.15, 0.2) is 0 Å². The maximum Gasteiger partial charge on any atom is 0.311 e. The standard InChI is InChI=1S/C39H62F5N5O6.C5H13N/c1-27(2)28(50)17-20-39(21-18-29(51)47-25-13-11-23-45,22-19-30(52)48-26-14-12-24-46)49-31(53)15-9-7-5-3-4-6-8-10-16-32(54)55-38-36(43)34(41)33(40)35(42)37(38)44;1-2-3-4-5-6/h27H,3-26,45-46H2,1-2H3,(H,47,51)(H,48,52)(H,49,53);2-6H2,1H3. The van der Waals surface area contributed by atoms with E-state index in [1.165, 1.54) is 19.3 Å². The van der Waals surface area contributed by atoms with Gasteiger partial charge in [0.25, 0.3) is 0 Å². The highest BCUT2D eigenvalue weighted by Crippen LogP contribution is 2.30. The number of rotatable bonds is 34. The maximum atomic E-state index is 13.7. The molecule has 0 fully saturated rings. The SMILES string of the molecule is CC(C)C(=O)CCC(CCC(=O)NCCCCN)(CCC(=O)NCCCCN)NC(=O)CCCCCCCCCCC(=O)Oc1c(F)c(F)c(F)c(F)c1F.CCCCCN. The first-order valence-electron chi connectivity index (χ1n) is 22.3. The lowest BCUT2D eigenvalue weighted by molar-refractivity contribution is -0.135. The molecule has 17 heteroatoms. The highest BCUT2D eigenvalue weighted by Gasteiger charge is 2.34. The Morgan fingerprint density at radius 2 is 0.934 bits per heavy atom. The van der Waals surface area contributed by atoms with Crippen LogP contribution in [0.1, 0.15) is 168 Å². The van der Waals surface area contributed by atoms with Crippen molar-refractivity contribution in [1.29, 1.82) is 0 Å². The van der Waals surface area contributed by atoms with Crippen molar-refractivity contribution >= 4 is 29.5 Å². The molecule has 0 heterocycles. The number of esters is 1. The van der Waals surface area contributed by atoms with Gasteiger partial charge in [0.1, 0.15) is 5.78 Å². The smallest absolute Gasteiger partial charge is 0.311 e. The number of ketones is 1. The van der Waals surface area contributed by atoms with E-state index in [0.29, 0.717) is 51.9 Å². The van der Waals surface area contributed by atoms with Crippen LogP contribution in [-0.2, 0) is 24.0 Å². The van der Waals surface area contributed by atoms with Crippen molar-refractivity contribution < 1.29 is 50.7 Å². The van der Waals surface area contributed by atoms with Crippen molar-refractivity contribution in [3.63, 3.8) is 0 Å². The molecule has 0 atom stereocenters. The normalized spacial score (nSPS) is 11.2.